The summed E-state index contributed by atoms with van der Waals surface area (Å²) in [6, 6.07) is 3.71. The molecule has 1 aromatic carbocycles. The van der Waals surface area contributed by atoms with Gasteiger partial charge in [-0.25, -0.2) is 0 Å². The molecule has 0 bridgehead atoms. The van der Waals surface area contributed by atoms with E-state index in [1.165, 1.54) is 13.1 Å². The van der Waals surface area contributed by atoms with Gasteiger partial charge in [-0.3, -0.25) is 24.1 Å². The maximum absolute atomic E-state index is 12.9. The average Bonchev–Trinajstić information content (AvgIpc) is 2.92. The van der Waals surface area contributed by atoms with Crippen molar-refractivity contribution < 1.29 is 28.7 Å². The molecule has 162 valence electrons. The molecule has 9 heteroatoms. The Hall–Kier alpha value is -3.23. The first-order valence-electron chi connectivity index (χ1n) is 9.71. The molecule has 30 heavy (non-hydrogen) atoms. The molecule has 0 spiro atoms. The highest BCUT2D eigenvalue weighted by atomic mass is 16.6. The summed E-state index contributed by atoms with van der Waals surface area (Å²) in [5.41, 5.74) is 0.132. The summed E-state index contributed by atoms with van der Waals surface area (Å²) in [6.45, 7) is 5.53. The molecule has 1 heterocycles. The lowest BCUT2D eigenvalue weighted by molar-refractivity contribution is -0.154. The average molecular weight is 417 g/mol. The molecule has 0 fully saturated rings. The number of esters is 1. The van der Waals surface area contributed by atoms with Gasteiger partial charge in [0.25, 0.3) is 11.8 Å². The van der Waals surface area contributed by atoms with Crippen LogP contribution >= 0.6 is 0 Å². The van der Waals surface area contributed by atoms with E-state index in [0.29, 0.717) is 12.0 Å². The van der Waals surface area contributed by atoms with E-state index in [1.807, 2.05) is 0 Å². The fourth-order valence-corrected chi connectivity index (χ4v) is 3.11. The number of anilines is 1. The van der Waals surface area contributed by atoms with Crippen LogP contribution in [0.2, 0.25) is 0 Å². The van der Waals surface area contributed by atoms with Crippen molar-refractivity contribution in [2.45, 2.75) is 51.7 Å². The van der Waals surface area contributed by atoms with Crippen LogP contribution in [0.15, 0.2) is 18.2 Å². The van der Waals surface area contributed by atoms with Gasteiger partial charge in [0.2, 0.25) is 5.91 Å². The monoisotopic (exact) mass is 417 g/mol. The van der Waals surface area contributed by atoms with Gasteiger partial charge >= 0.3 is 5.97 Å². The van der Waals surface area contributed by atoms with Crippen LogP contribution in [0, 0.1) is 0 Å². The van der Waals surface area contributed by atoms with Gasteiger partial charge in [0.1, 0.15) is 11.9 Å². The molecule has 1 atom stereocenters. The minimum absolute atomic E-state index is 0.00824. The third kappa shape index (κ3) is 5.43. The van der Waals surface area contributed by atoms with Gasteiger partial charge in [-0.1, -0.05) is 6.07 Å². The van der Waals surface area contributed by atoms with Gasteiger partial charge in [-0.2, -0.15) is 0 Å². The Morgan fingerprint density at radius 3 is 2.47 bits per heavy atom. The molecule has 1 aromatic rings. The summed E-state index contributed by atoms with van der Waals surface area (Å²) in [4.78, 5) is 61.5. The fraction of sp³-hybridized carbons (Fsp3) is 0.476. The van der Waals surface area contributed by atoms with E-state index in [-0.39, 0.29) is 48.8 Å². The van der Waals surface area contributed by atoms with Crippen LogP contribution < -0.4 is 10.6 Å². The molecule has 0 radical (unpaired) electrons. The lowest BCUT2D eigenvalue weighted by Gasteiger charge is -2.21. The Labute approximate surface area is 175 Å². The van der Waals surface area contributed by atoms with E-state index in [9.17, 15) is 24.0 Å². The second-order valence-electron chi connectivity index (χ2n) is 7.89. The number of carbonyl (C=O) groups excluding carboxylic acids is 5. The molecule has 9 nitrogen and oxygen atoms in total. The Morgan fingerprint density at radius 2 is 1.87 bits per heavy atom. The predicted octanol–water partition coefficient (Wildman–Crippen LogP) is 1.52. The number of imide groups is 1. The highest BCUT2D eigenvalue weighted by Crippen LogP contribution is 2.31. The largest absolute Gasteiger partial charge is 0.460 e. The van der Waals surface area contributed by atoms with E-state index in [0.717, 1.165) is 4.90 Å². The van der Waals surface area contributed by atoms with Gasteiger partial charge in [0, 0.05) is 25.7 Å². The van der Waals surface area contributed by atoms with Gasteiger partial charge in [0.15, 0.2) is 0 Å². The Bertz CT molecular complexity index is 859. The molecule has 1 aliphatic rings. The van der Waals surface area contributed by atoms with E-state index in [2.05, 4.69) is 10.6 Å². The van der Waals surface area contributed by atoms with Gasteiger partial charge in [-0.15, -0.1) is 0 Å². The van der Waals surface area contributed by atoms with Crippen LogP contribution in [0.25, 0.3) is 0 Å². The topological polar surface area (TPSA) is 122 Å². The Morgan fingerprint density at radius 1 is 1.17 bits per heavy atom. The summed E-state index contributed by atoms with van der Waals surface area (Å²) in [5.74, 6) is -1.87. The van der Waals surface area contributed by atoms with Crippen molar-refractivity contribution in [3.05, 3.63) is 29.3 Å². The van der Waals surface area contributed by atoms with Crippen LogP contribution in [0.1, 0.15) is 60.7 Å². The zero-order chi connectivity index (χ0) is 22.5. The molecular formula is C21H27N3O6. The lowest BCUT2D eigenvalue weighted by Crippen LogP contribution is -2.41. The minimum atomic E-state index is -1.04. The van der Waals surface area contributed by atoms with Crippen molar-refractivity contribution >= 4 is 35.7 Å². The Kier molecular flexibility index (Phi) is 7.31. The van der Waals surface area contributed by atoms with Crippen molar-refractivity contribution in [2.24, 2.45) is 0 Å². The second kappa shape index (κ2) is 9.51. The molecule has 3 amide bonds. The summed E-state index contributed by atoms with van der Waals surface area (Å²) < 4.78 is 5.25. The van der Waals surface area contributed by atoms with E-state index in [1.54, 1.807) is 32.9 Å². The van der Waals surface area contributed by atoms with E-state index < -0.39 is 23.5 Å². The van der Waals surface area contributed by atoms with Crippen LogP contribution in [0.3, 0.4) is 0 Å². The van der Waals surface area contributed by atoms with Gasteiger partial charge in [-0.05, 0) is 39.3 Å². The molecule has 1 aliphatic heterocycles. The third-order valence-electron chi connectivity index (χ3n) is 4.45. The zero-order valence-electron chi connectivity index (χ0n) is 17.6. The van der Waals surface area contributed by atoms with Crippen LogP contribution in [-0.2, 0) is 19.1 Å². The number of nitrogens with one attached hydrogen (secondary N) is 2. The molecule has 2 rings (SSSR count). The maximum atomic E-state index is 12.9. The highest BCUT2D eigenvalue weighted by Gasteiger charge is 2.41. The van der Waals surface area contributed by atoms with Crippen molar-refractivity contribution in [1.29, 1.82) is 0 Å². The summed E-state index contributed by atoms with van der Waals surface area (Å²) in [7, 11) is 1.47. The molecule has 2 N–H and O–H groups in total. The number of ether oxygens (including phenoxy) is 1. The number of fused-ring (bicyclic) bond motifs is 1. The van der Waals surface area contributed by atoms with Gasteiger partial charge in [0.05, 0.1) is 23.6 Å². The lowest BCUT2D eigenvalue weighted by atomic mass is 10.1. The number of amides is 3. The first kappa shape index (κ1) is 23.1. The number of nitrogens with zero attached hydrogens (tertiary/aromatic N) is 1. The minimum Gasteiger partial charge on any atom is -0.460 e. The predicted molar refractivity (Wildman–Crippen MR) is 109 cm³/mol. The zero-order valence-corrected chi connectivity index (χ0v) is 17.6. The number of hydrogen-bond donors (Lipinski definition) is 2. The smallest absolute Gasteiger partial charge is 0.308 e. The van der Waals surface area contributed by atoms with Crippen molar-refractivity contribution in [3.8, 4) is 0 Å². The van der Waals surface area contributed by atoms with Crippen molar-refractivity contribution in [1.82, 2.24) is 10.2 Å². The molecule has 0 saturated heterocycles. The first-order valence-corrected chi connectivity index (χ1v) is 9.71. The molecular weight excluding hydrogens is 390 g/mol. The quantitative estimate of drug-likeness (QED) is 0.355. The summed E-state index contributed by atoms with van der Waals surface area (Å²) in [6.07, 6.45) is 0.625. The SMILES string of the molecule is CNC(=O)CCC(C=O)N1C(=O)c2cccc(NCCC(=O)OC(C)(C)C)c2C1=O. The van der Waals surface area contributed by atoms with Crippen molar-refractivity contribution in [3.63, 3.8) is 0 Å². The molecule has 1 unspecified atom stereocenters. The normalized spacial score (nSPS) is 14.2. The number of hydrogen-bond acceptors (Lipinski definition) is 7. The molecule has 0 aromatic heterocycles. The molecule has 0 aliphatic carbocycles. The molecule has 0 saturated carbocycles. The highest BCUT2D eigenvalue weighted by molar-refractivity contribution is 6.24. The van der Waals surface area contributed by atoms with Gasteiger partial charge < -0.3 is 20.2 Å². The number of rotatable bonds is 9. The fourth-order valence-electron chi connectivity index (χ4n) is 3.11. The van der Waals surface area contributed by atoms with Crippen LogP contribution in [0.5, 0.6) is 0 Å². The van der Waals surface area contributed by atoms with E-state index in [4.69, 9.17) is 4.74 Å². The summed E-state index contributed by atoms with van der Waals surface area (Å²) >= 11 is 0. The number of benzene rings is 1. The standard InChI is InChI=1S/C21H27N3O6/c1-21(2,3)30-17(27)10-11-23-15-7-5-6-14-18(15)20(29)24(19(14)28)13(12-25)8-9-16(26)22-4/h5-7,12-13,23H,8-11H2,1-4H3,(H,22,26). The number of aldehydes is 1. The Balaban J connectivity index is 2.13. The maximum Gasteiger partial charge on any atom is 0.308 e. The van der Waals surface area contributed by atoms with Crippen molar-refractivity contribution in [2.75, 3.05) is 18.9 Å². The van der Waals surface area contributed by atoms with Crippen LogP contribution in [-0.4, -0.2) is 60.1 Å². The van der Waals surface area contributed by atoms with Crippen LogP contribution in [0.4, 0.5) is 5.69 Å². The van der Waals surface area contributed by atoms with E-state index >= 15 is 0 Å². The summed E-state index contributed by atoms with van der Waals surface area (Å²) in [5, 5.41) is 5.44. The number of carbonyl (C=O) groups is 5. The second-order valence-corrected chi connectivity index (χ2v) is 7.89. The first-order chi connectivity index (χ1) is 14.1. The third-order valence-corrected chi connectivity index (χ3v) is 4.45.